The smallest absolute Gasteiger partial charge is 0.272 e. The van der Waals surface area contributed by atoms with Gasteiger partial charge in [-0.25, -0.2) is 5.10 Å². The van der Waals surface area contributed by atoms with E-state index < -0.39 is 0 Å². The lowest BCUT2D eigenvalue weighted by molar-refractivity contribution is 0.0966. The van der Waals surface area contributed by atoms with Crippen LogP contribution in [0.1, 0.15) is 28.5 Å². The van der Waals surface area contributed by atoms with Gasteiger partial charge in [-0.15, -0.1) is 0 Å². The number of carbonyl (C=O) groups is 1. The van der Waals surface area contributed by atoms with Crippen LogP contribution in [0.2, 0.25) is 0 Å². The number of amides is 1. The number of nitrogens with one attached hydrogen (secondary N) is 2. The molecule has 0 unspecified atom stereocenters. The number of aromatic nitrogens is 4. The van der Waals surface area contributed by atoms with Crippen molar-refractivity contribution in [1.29, 1.82) is 0 Å². The van der Waals surface area contributed by atoms with Crippen LogP contribution in [0.15, 0.2) is 47.4 Å². The van der Waals surface area contributed by atoms with E-state index in [0.717, 1.165) is 39.0 Å². The zero-order chi connectivity index (χ0) is 20.1. The van der Waals surface area contributed by atoms with Gasteiger partial charge in [-0.3, -0.25) is 14.3 Å². The molecule has 7 heteroatoms. The van der Waals surface area contributed by atoms with Crippen molar-refractivity contribution in [2.75, 3.05) is 0 Å². The molecule has 1 aliphatic rings. The number of nitrogens with zero attached hydrogens (tertiary/aromatic N) is 3. The summed E-state index contributed by atoms with van der Waals surface area (Å²) in [5.41, 5.74) is 5.89. The lowest BCUT2D eigenvalue weighted by Crippen LogP contribution is -2.13. The summed E-state index contributed by atoms with van der Waals surface area (Å²) in [5.74, 6) is -0.0646. The molecule has 0 atom stereocenters. The number of fused-ring (bicyclic) bond motifs is 2. The Bertz CT molecular complexity index is 1350. The fraction of sp³-hybridized carbons (Fsp3) is 0.182. The highest BCUT2D eigenvalue weighted by Gasteiger charge is 2.26. The molecule has 0 saturated carbocycles. The highest BCUT2D eigenvalue weighted by molar-refractivity contribution is 6.05. The standard InChI is InChI=1S/C22H19N5O2/c1-3-18-16-9-12(7-8-14(16)21(28)26-25-18)17-11-24-27(2)20(17)15-6-4-5-13-10-23-22(29)19(13)15/h4-9,11H,3,10H2,1-2H3,(H,23,29)(H,26,28). The Kier molecular flexibility index (Phi) is 3.84. The van der Waals surface area contributed by atoms with Crippen molar-refractivity contribution in [3.8, 4) is 22.4 Å². The lowest BCUT2D eigenvalue weighted by atomic mass is 9.94. The van der Waals surface area contributed by atoms with Crippen molar-refractivity contribution in [1.82, 2.24) is 25.3 Å². The third-order valence-corrected chi connectivity index (χ3v) is 5.52. The molecular weight excluding hydrogens is 366 g/mol. The molecule has 5 rings (SSSR count). The van der Waals surface area contributed by atoms with Crippen molar-refractivity contribution in [3.05, 3.63) is 69.8 Å². The minimum absolute atomic E-state index is 0.0646. The van der Waals surface area contributed by atoms with Gasteiger partial charge < -0.3 is 5.32 Å². The van der Waals surface area contributed by atoms with E-state index in [9.17, 15) is 9.59 Å². The molecule has 0 spiro atoms. The summed E-state index contributed by atoms with van der Waals surface area (Å²) in [4.78, 5) is 24.6. The van der Waals surface area contributed by atoms with Crippen LogP contribution >= 0.6 is 0 Å². The molecule has 1 amide bonds. The van der Waals surface area contributed by atoms with Crippen LogP contribution in [0.5, 0.6) is 0 Å². The molecule has 3 heterocycles. The molecule has 0 aliphatic carbocycles. The van der Waals surface area contributed by atoms with Crippen LogP contribution in [0, 0.1) is 0 Å². The lowest BCUT2D eigenvalue weighted by Gasteiger charge is -2.11. The molecule has 2 N–H and O–H groups in total. The number of aryl methyl sites for hydroxylation is 2. The maximum Gasteiger partial charge on any atom is 0.272 e. The van der Waals surface area contributed by atoms with E-state index in [4.69, 9.17) is 0 Å². The van der Waals surface area contributed by atoms with Crippen molar-refractivity contribution < 1.29 is 4.79 Å². The Hall–Kier alpha value is -3.74. The van der Waals surface area contributed by atoms with Crippen LogP contribution in [0.4, 0.5) is 0 Å². The summed E-state index contributed by atoms with van der Waals surface area (Å²) in [7, 11) is 1.87. The summed E-state index contributed by atoms with van der Waals surface area (Å²) in [5, 5.41) is 15.6. The predicted octanol–water partition coefficient (Wildman–Crippen LogP) is 2.80. The minimum atomic E-state index is -0.201. The largest absolute Gasteiger partial charge is 0.348 e. The molecule has 1 aliphatic heterocycles. The molecule has 0 radical (unpaired) electrons. The monoisotopic (exact) mass is 385 g/mol. The van der Waals surface area contributed by atoms with Gasteiger partial charge in [0, 0.05) is 30.1 Å². The summed E-state index contributed by atoms with van der Waals surface area (Å²) in [6.07, 6.45) is 2.51. The van der Waals surface area contributed by atoms with Gasteiger partial charge >= 0.3 is 0 Å². The molecule has 0 bridgehead atoms. The van der Waals surface area contributed by atoms with Crippen LogP contribution in [0.3, 0.4) is 0 Å². The minimum Gasteiger partial charge on any atom is -0.348 e. The molecule has 0 saturated heterocycles. The number of benzene rings is 2. The molecule has 4 aromatic rings. The Morgan fingerprint density at radius 3 is 2.79 bits per heavy atom. The van der Waals surface area contributed by atoms with E-state index in [1.807, 2.05) is 50.4 Å². The normalized spacial score (nSPS) is 13.0. The number of hydrogen-bond donors (Lipinski definition) is 2. The number of aromatic amines is 1. The number of rotatable bonds is 3. The van der Waals surface area contributed by atoms with Gasteiger partial charge in [0.15, 0.2) is 0 Å². The molecule has 144 valence electrons. The third-order valence-electron chi connectivity index (χ3n) is 5.52. The maximum absolute atomic E-state index is 12.4. The van der Waals surface area contributed by atoms with E-state index in [-0.39, 0.29) is 11.5 Å². The van der Waals surface area contributed by atoms with Crippen molar-refractivity contribution >= 4 is 16.7 Å². The molecule has 0 fully saturated rings. The van der Waals surface area contributed by atoms with Gasteiger partial charge in [-0.1, -0.05) is 31.2 Å². The van der Waals surface area contributed by atoms with Gasteiger partial charge in [0.1, 0.15) is 0 Å². The Morgan fingerprint density at radius 1 is 1.10 bits per heavy atom. The van der Waals surface area contributed by atoms with Gasteiger partial charge in [0.25, 0.3) is 11.5 Å². The fourth-order valence-electron chi connectivity index (χ4n) is 4.10. The molecular formula is C22H19N5O2. The average Bonchev–Trinajstić information content (AvgIpc) is 3.31. The second-order valence-electron chi connectivity index (χ2n) is 7.17. The van der Waals surface area contributed by atoms with E-state index in [1.165, 1.54) is 0 Å². The first kappa shape index (κ1) is 17.4. The summed E-state index contributed by atoms with van der Waals surface area (Å²) in [6, 6.07) is 11.6. The van der Waals surface area contributed by atoms with Gasteiger partial charge in [0.05, 0.1) is 28.5 Å². The van der Waals surface area contributed by atoms with Crippen molar-refractivity contribution in [2.24, 2.45) is 7.05 Å². The third kappa shape index (κ3) is 2.58. The summed E-state index contributed by atoms with van der Waals surface area (Å²) in [6.45, 7) is 2.55. The van der Waals surface area contributed by atoms with Crippen LogP contribution in [0.25, 0.3) is 33.2 Å². The second-order valence-corrected chi connectivity index (χ2v) is 7.17. The number of H-pyrrole nitrogens is 1. The van der Waals surface area contributed by atoms with Crippen molar-refractivity contribution in [3.63, 3.8) is 0 Å². The average molecular weight is 385 g/mol. The Labute approximate surface area is 166 Å². The predicted molar refractivity (Wildman–Crippen MR) is 111 cm³/mol. The number of carbonyl (C=O) groups excluding carboxylic acids is 1. The summed E-state index contributed by atoms with van der Waals surface area (Å²) < 4.78 is 1.79. The number of hydrogen-bond acceptors (Lipinski definition) is 4. The molecule has 2 aromatic heterocycles. The van der Waals surface area contributed by atoms with Gasteiger partial charge in [-0.05, 0) is 29.7 Å². The van der Waals surface area contributed by atoms with E-state index >= 15 is 0 Å². The fourth-order valence-corrected chi connectivity index (χ4v) is 4.10. The van der Waals surface area contributed by atoms with E-state index in [1.54, 1.807) is 10.9 Å². The molecule has 7 nitrogen and oxygen atoms in total. The Balaban J connectivity index is 1.76. The first-order valence-corrected chi connectivity index (χ1v) is 9.52. The Morgan fingerprint density at radius 2 is 1.97 bits per heavy atom. The summed E-state index contributed by atoms with van der Waals surface area (Å²) >= 11 is 0. The zero-order valence-corrected chi connectivity index (χ0v) is 16.1. The second kappa shape index (κ2) is 6.41. The van der Waals surface area contributed by atoms with Crippen molar-refractivity contribution in [2.45, 2.75) is 19.9 Å². The maximum atomic E-state index is 12.4. The van der Waals surface area contributed by atoms with Gasteiger partial charge in [0.2, 0.25) is 0 Å². The van der Waals surface area contributed by atoms with E-state index in [0.29, 0.717) is 23.9 Å². The molecule has 2 aromatic carbocycles. The van der Waals surface area contributed by atoms with Crippen LogP contribution < -0.4 is 10.9 Å². The first-order chi connectivity index (χ1) is 14.1. The SMILES string of the molecule is CCc1n[nH]c(=O)c2ccc(-c3cnn(C)c3-c3cccc4c3C(=O)NC4)cc12. The molecule has 29 heavy (non-hydrogen) atoms. The highest BCUT2D eigenvalue weighted by Crippen LogP contribution is 2.37. The topological polar surface area (TPSA) is 92.7 Å². The quantitative estimate of drug-likeness (QED) is 0.567. The highest BCUT2D eigenvalue weighted by atomic mass is 16.2. The van der Waals surface area contributed by atoms with Crippen LogP contribution in [-0.2, 0) is 20.0 Å². The zero-order valence-electron chi connectivity index (χ0n) is 16.1. The van der Waals surface area contributed by atoms with Gasteiger partial charge in [-0.2, -0.15) is 10.2 Å². The van der Waals surface area contributed by atoms with Crippen LogP contribution in [-0.4, -0.2) is 25.9 Å². The van der Waals surface area contributed by atoms with E-state index in [2.05, 4.69) is 20.6 Å². The first-order valence-electron chi connectivity index (χ1n) is 9.52.